The van der Waals surface area contributed by atoms with Crippen molar-refractivity contribution < 1.29 is 14.3 Å². The Kier molecular flexibility index (Phi) is 5.48. The molecule has 1 amide bonds. The van der Waals surface area contributed by atoms with Gasteiger partial charge in [0.25, 0.3) is 5.91 Å². The molecule has 3 aliphatic heterocycles. The SMILES string of the molecule is COc1cccc(C(=O)NC[C@H]2[C@H]3CN(CCC=C(C)C)C[C@]34CC[C@H]2O4)c1. The minimum Gasteiger partial charge on any atom is -0.497 e. The van der Waals surface area contributed by atoms with Crippen molar-refractivity contribution in [2.45, 2.75) is 44.8 Å². The number of benzene rings is 1. The number of rotatable bonds is 7. The van der Waals surface area contributed by atoms with Crippen LogP contribution in [0.25, 0.3) is 0 Å². The lowest BCUT2D eigenvalue weighted by molar-refractivity contribution is 0.00290. The first kappa shape index (κ1) is 19.5. The Labute approximate surface area is 168 Å². The number of carbonyl (C=O) groups excluding carboxylic acids is 1. The molecule has 0 unspecified atom stereocenters. The molecule has 3 heterocycles. The number of amides is 1. The molecule has 3 fully saturated rings. The molecule has 0 saturated carbocycles. The molecule has 2 bridgehead atoms. The number of hydrogen-bond donors (Lipinski definition) is 1. The Bertz CT molecular complexity index is 758. The number of carbonyl (C=O) groups is 1. The van der Waals surface area contributed by atoms with E-state index in [2.05, 4.69) is 30.1 Å². The number of nitrogens with zero attached hydrogens (tertiary/aromatic N) is 1. The lowest BCUT2D eigenvalue weighted by atomic mass is 9.73. The fraction of sp³-hybridized carbons (Fsp3) is 0.609. The largest absolute Gasteiger partial charge is 0.497 e. The number of hydrogen-bond acceptors (Lipinski definition) is 4. The highest BCUT2D eigenvalue weighted by molar-refractivity contribution is 5.94. The Balaban J connectivity index is 1.36. The predicted molar refractivity (Wildman–Crippen MR) is 110 cm³/mol. The van der Waals surface area contributed by atoms with Crippen molar-refractivity contribution in [2.24, 2.45) is 11.8 Å². The summed E-state index contributed by atoms with van der Waals surface area (Å²) in [5.41, 5.74) is 2.06. The first-order chi connectivity index (χ1) is 13.5. The van der Waals surface area contributed by atoms with Crippen molar-refractivity contribution in [3.05, 3.63) is 41.5 Å². The van der Waals surface area contributed by atoms with Gasteiger partial charge in [0.05, 0.1) is 18.8 Å². The summed E-state index contributed by atoms with van der Waals surface area (Å²) in [6, 6.07) is 7.32. The van der Waals surface area contributed by atoms with Gasteiger partial charge in [-0.15, -0.1) is 0 Å². The summed E-state index contributed by atoms with van der Waals surface area (Å²) < 4.78 is 11.7. The molecule has 5 nitrogen and oxygen atoms in total. The van der Waals surface area contributed by atoms with Gasteiger partial charge in [0.1, 0.15) is 5.75 Å². The third kappa shape index (κ3) is 3.70. The van der Waals surface area contributed by atoms with Crippen LogP contribution in [0, 0.1) is 11.8 Å². The number of nitrogens with one attached hydrogen (secondary N) is 1. The van der Waals surface area contributed by atoms with Crippen molar-refractivity contribution in [1.29, 1.82) is 0 Å². The molecule has 1 aromatic carbocycles. The van der Waals surface area contributed by atoms with Crippen LogP contribution in [0.4, 0.5) is 0 Å². The van der Waals surface area contributed by atoms with E-state index in [0.717, 1.165) is 32.5 Å². The quantitative estimate of drug-likeness (QED) is 0.733. The number of ether oxygens (including phenoxy) is 2. The summed E-state index contributed by atoms with van der Waals surface area (Å²) in [6.07, 6.45) is 6.01. The minimum absolute atomic E-state index is 0.0288. The molecule has 3 aliphatic rings. The van der Waals surface area contributed by atoms with Crippen LogP contribution in [0.3, 0.4) is 0 Å². The van der Waals surface area contributed by atoms with Gasteiger partial charge in [-0.2, -0.15) is 0 Å². The maximum atomic E-state index is 12.6. The van der Waals surface area contributed by atoms with E-state index in [1.165, 1.54) is 12.0 Å². The topological polar surface area (TPSA) is 50.8 Å². The molecule has 0 radical (unpaired) electrons. The normalized spacial score (nSPS) is 30.9. The second-order valence-electron chi connectivity index (χ2n) is 8.78. The standard InChI is InChI=1S/C23H32N2O3/c1-16(2)6-5-11-25-14-20-19(21-9-10-23(20,15-25)28-21)13-24-22(26)17-7-4-8-18(12-17)27-3/h4,6-8,12,19-21H,5,9-11,13-15H2,1-3H3,(H,24,26)/t19-,20+,21+,23+/m0/s1. The summed E-state index contributed by atoms with van der Waals surface area (Å²) in [4.78, 5) is 15.2. The van der Waals surface area contributed by atoms with E-state index in [4.69, 9.17) is 9.47 Å². The molecule has 4 atom stereocenters. The first-order valence-corrected chi connectivity index (χ1v) is 10.5. The van der Waals surface area contributed by atoms with Crippen LogP contribution < -0.4 is 10.1 Å². The Morgan fingerprint density at radius 3 is 3.07 bits per heavy atom. The zero-order valence-electron chi connectivity index (χ0n) is 17.2. The van der Waals surface area contributed by atoms with Gasteiger partial charge in [0, 0.05) is 43.6 Å². The van der Waals surface area contributed by atoms with Crippen LogP contribution in [0.2, 0.25) is 0 Å². The highest BCUT2D eigenvalue weighted by atomic mass is 16.5. The second kappa shape index (κ2) is 7.88. The van der Waals surface area contributed by atoms with Crippen LogP contribution in [0.15, 0.2) is 35.9 Å². The van der Waals surface area contributed by atoms with E-state index in [0.29, 0.717) is 35.8 Å². The molecule has 0 aliphatic carbocycles. The maximum Gasteiger partial charge on any atom is 0.251 e. The second-order valence-corrected chi connectivity index (χ2v) is 8.78. The van der Waals surface area contributed by atoms with E-state index in [1.807, 2.05) is 18.2 Å². The minimum atomic E-state index is -0.0332. The van der Waals surface area contributed by atoms with Crippen molar-refractivity contribution in [2.75, 3.05) is 33.3 Å². The number of fused-ring (bicyclic) bond motifs is 1. The zero-order valence-corrected chi connectivity index (χ0v) is 17.2. The Hall–Kier alpha value is -1.85. The molecule has 1 N–H and O–H groups in total. The number of methoxy groups -OCH3 is 1. The van der Waals surface area contributed by atoms with Crippen LogP contribution in [0.5, 0.6) is 5.75 Å². The van der Waals surface area contributed by atoms with Crippen molar-refractivity contribution in [3.63, 3.8) is 0 Å². The van der Waals surface area contributed by atoms with Crippen LogP contribution >= 0.6 is 0 Å². The van der Waals surface area contributed by atoms with E-state index in [-0.39, 0.29) is 11.5 Å². The van der Waals surface area contributed by atoms with Crippen molar-refractivity contribution in [3.8, 4) is 5.75 Å². The van der Waals surface area contributed by atoms with Gasteiger partial charge in [0.2, 0.25) is 0 Å². The van der Waals surface area contributed by atoms with Gasteiger partial charge < -0.3 is 14.8 Å². The van der Waals surface area contributed by atoms with Crippen LogP contribution in [-0.2, 0) is 4.74 Å². The molecule has 1 aromatic rings. The molecular formula is C23H32N2O3. The van der Waals surface area contributed by atoms with Gasteiger partial charge in [0.15, 0.2) is 0 Å². The van der Waals surface area contributed by atoms with Gasteiger partial charge in [-0.1, -0.05) is 17.7 Å². The number of likely N-dealkylation sites (tertiary alicyclic amines) is 1. The Morgan fingerprint density at radius 2 is 2.29 bits per heavy atom. The molecule has 0 aromatic heterocycles. The van der Waals surface area contributed by atoms with Gasteiger partial charge in [-0.3, -0.25) is 9.69 Å². The third-order valence-corrected chi connectivity index (χ3v) is 6.68. The summed E-state index contributed by atoms with van der Waals surface area (Å²) in [6.45, 7) is 8.24. The lowest BCUT2D eigenvalue weighted by Crippen LogP contribution is -2.41. The fourth-order valence-corrected chi connectivity index (χ4v) is 5.34. The third-order valence-electron chi connectivity index (χ3n) is 6.68. The molecule has 1 spiro atoms. The summed E-state index contributed by atoms with van der Waals surface area (Å²) in [7, 11) is 1.62. The maximum absolute atomic E-state index is 12.6. The van der Waals surface area contributed by atoms with Gasteiger partial charge in [-0.05, 0) is 51.3 Å². The molecule has 3 saturated heterocycles. The summed E-state index contributed by atoms with van der Waals surface area (Å²) in [5.74, 6) is 1.62. The average molecular weight is 385 g/mol. The lowest BCUT2D eigenvalue weighted by Gasteiger charge is -2.29. The zero-order chi connectivity index (χ0) is 19.7. The summed E-state index contributed by atoms with van der Waals surface area (Å²) in [5, 5.41) is 3.16. The van der Waals surface area contributed by atoms with Gasteiger partial charge in [-0.25, -0.2) is 0 Å². The first-order valence-electron chi connectivity index (χ1n) is 10.5. The average Bonchev–Trinajstić information content (AvgIpc) is 3.34. The molecule has 152 valence electrons. The fourth-order valence-electron chi connectivity index (χ4n) is 5.34. The predicted octanol–water partition coefficient (Wildman–Crippen LogP) is 3.26. The smallest absolute Gasteiger partial charge is 0.251 e. The highest BCUT2D eigenvalue weighted by Gasteiger charge is 2.62. The van der Waals surface area contributed by atoms with E-state index >= 15 is 0 Å². The van der Waals surface area contributed by atoms with E-state index < -0.39 is 0 Å². The molecule has 5 heteroatoms. The molecule has 4 rings (SSSR count). The molecule has 28 heavy (non-hydrogen) atoms. The van der Waals surface area contributed by atoms with Crippen LogP contribution in [-0.4, -0.2) is 55.8 Å². The Morgan fingerprint density at radius 1 is 1.43 bits per heavy atom. The van der Waals surface area contributed by atoms with E-state index in [1.54, 1.807) is 13.2 Å². The van der Waals surface area contributed by atoms with Crippen LogP contribution in [0.1, 0.15) is 43.5 Å². The highest BCUT2D eigenvalue weighted by Crippen LogP contribution is 2.54. The number of allylic oxidation sites excluding steroid dienone is 1. The monoisotopic (exact) mass is 384 g/mol. The molecular weight excluding hydrogens is 352 g/mol. The van der Waals surface area contributed by atoms with Crippen molar-refractivity contribution >= 4 is 5.91 Å². The van der Waals surface area contributed by atoms with Gasteiger partial charge >= 0.3 is 0 Å². The summed E-state index contributed by atoms with van der Waals surface area (Å²) >= 11 is 0. The van der Waals surface area contributed by atoms with E-state index in [9.17, 15) is 4.79 Å². The van der Waals surface area contributed by atoms with Crippen molar-refractivity contribution in [1.82, 2.24) is 10.2 Å².